The Bertz CT molecular complexity index is 523. The third kappa shape index (κ3) is 3.20. The van der Waals surface area contributed by atoms with Gasteiger partial charge in [0.25, 0.3) is 0 Å². The van der Waals surface area contributed by atoms with Gasteiger partial charge in [0, 0.05) is 25.5 Å². The molecular weight excluding hydrogens is 270 g/mol. The Hall–Kier alpha value is -1.97. The number of nitriles is 1. The summed E-state index contributed by atoms with van der Waals surface area (Å²) in [6.07, 6.45) is 3.50. The minimum absolute atomic E-state index is 0.239. The lowest BCUT2D eigenvalue weighted by molar-refractivity contribution is -0.142. The standard InChI is InChI=1S/C15H19N3O3/c1-12(14(19)20)10-15(11-16,13-2-4-17-5-3-13)18-6-8-21-9-7-18/h2-5,12H,6-10H2,1H3,(H,19,20). The van der Waals surface area contributed by atoms with Crippen molar-refractivity contribution < 1.29 is 14.6 Å². The SMILES string of the molecule is CC(CC(C#N)(c1ccncc1)N1CCOCC1)C(=O)O. The number of carbonyl (C=O) groups is 1. The molecule has 1 aromatic rings. The summed E-state index contributed by atoms with van der Waals surface area (Å²) >= 11 is 0. The van der Waals surface area contributed by atoms with Gasteiger partial charge >= 0.3 is 5.97 Å². The van der Waals surface area contributed by atoms with Crippen LogP contribution in [0.25, 0.3) is 0 Å². The van der Waals surface area contributed by atoms with E-state index in [-0.39, 0.29) is 6.42 Å². The second kappa shape index (κ2) is 6.66. The molecule has 0 bridgehead atoms. The maximum atomic E-state index is 11.2. The van der Waals surface area contributed by atoms with E-state index < -0.39 is 17.4 Å². The van der Waals surface area contributed by atoms with Crippen LogP contribution in [-0.4, -0.2) is 47.3 Å². The van der Waals surface area contributed by atoms with Crippen molar-refractivity contribution in [1.29, 1.82) is 5.26 Å². The Balaban J connectivity index is 2.40. The maximum Gasteiger partial charge on any atom is 0.306 e. The molecule has 21 heavy (non-hydrogen) atoms. The highest BCUT2D eigenvalue weighted by Crippen LogP contribution is 2.35. The molecule has 2 atom stereocenters. The van der Waals surface area contributed by atoms with E-state index >= 15 is 0 Å². The molecule has 0 spiro atoms. The molecule has 1 aliphatic rings. The highest BCUT2D eigenvalue weighted by Gasteiger charge is 2.42. The van der Waals surface area contributed by atoms with Crippen LogP contribution in [-0.2, 0) is 15.1 Å². The Labute approximate surface area is 124 Å². The summed E-state index contributed by atoms with van der Waals surface area (Å²) in [4.78, 5) is 17.2. The number of hydrogen-bond donors (Lipinski definition) is 1. The minimum Gasteiger partial charge on any atom is -0.481 e. The van der Waals surface area contributed by atoms with Gasteiger partial charge in [-0.05, 0) is 24.1 Å². The third-order valence-electron chi connectivity index (χ3n) is 3.92. The van der Waals surface area contributed by atoms with Crippen LogP contribution in [0.15, 0.2) is 24.5 Å². The van der Waals surface area contributed by atoms with E-state index in [2.05, 4.69) is 11.1 Å². The average Bonchev–Trinajstić information content (AvgIpc) is 2.54. The molecule has 1 aromatic heterocycles. The van der Waals surface area contributed by atoms with E-state index in [1.807, 2.05) is 4.90 Å². The van der Waals surface area contributed by atoms with Crippen LogP contribution in [0.4, 0.5) is 0 Å². The van der Waals surface area contributed by atoms with Gasteiger partial charge in [-0.25, -0.2) is 0 Å². The van der Waals surface area contributed by atoms with Crippen LogP contribution in [0.2, 0.25) is 0 Å². The first-order chi connectivity index (χ1) is 10.1. The molecule has 0 aliphatic carbocycles. The largest absolute Gasteiger partial charge is 0.481 e. The number of hydrogen-bond acceptors (Lipinski definition) is 5. The predicted molar refractivity (Wildman–Crippen MR) is 75.3 cm³/mol. The second-order valence-electron chi connectivity index (χ2n) is 5.25. The molecule has 2 rings (SSSR count). The monoisotopic (exact) mass is 289 g/mol. The first-order valence-electron chi connectivity index (χ1n) is 6.97. The Morgan fingerprint density at radius 2 is 2.14 bits per heavy atom. The molecule has 2 heterocycles. The van der Waals surface area contributed by atoms with Gasteiger partial charge in [0.05, 0.1) is 25.2 Å². The minimum atomic E-state index is -0.954. The molecule has 0 amide bonds. The number of aromatic nitrogens is 1. The summed E-state index contributed by atoms with van der Waals surface area (Å²) < 4.78 is 5.35. The van der Waals surface area contributed by atoms with Crippen molar-refractivity contribution in [3.05, 3.63) is 30.1 Å². The summed E-state index contributed by atoms with van der Waals surface area (Å²) in [6, 6.07) is 5.94. The topological polar surface area (TPSA) is 86.5 Å². The molecule has 2 unspecified atom stereocenters. The number of aliphatic carboxylic acids is 1. The summed E-state index contributed by atoms with van der Waals surface area (Å²) in [5.74, 6) is -1.50. The van der Waals surface area contributed by atoms with Crippen molar-refractivity contribution in [2.24, 2.45) is 5.92 Å². The van der Waals surface area contributed by atoms with E-state index in [0.717, 1.165) is 5.56 Å². The summed E-state index contributed by atoms with van der Waals surface area (Å²) in [7, 11) is 0. The van der Waals surface area contributed by atoms with Gasteiger partial charge in [-0.1, -0.05) is 6.92 Å². The van der Waals surface area contributed by atoms with Gasteiger partial charge in [-0.3, -0.25) is 14.7 Å². The van der Waals surface area contributed by atoms with Gasteiger partial charge in [-0.15, -0.1) is 0 Å². The molecule has 6 nitrogen and oxygen atoms in total. The molecule has 112 valence electrons. The van der Waals surface area contributed by atoms with Crippen LogP contribution in [0, 0.1) is 17.2 Å². The quantitative estimate of drug-likeness (QED) is 0.877. The molecular formula is C15H19N3O3. The smallest absolute Gasteiger partial charge is 0.306 e. The Morgan fingerprint density at radius 1 is 1.52 bits per heavy atom. The number of carboxylic acids is 1. The number of carboxylic acid groups (broad SMARTS) is 1. The molecule has 0 aromatic carbocycles. The lowest BCUT2D eigenvalue weighted by Gasteiger charge is -2.42. The molecule has 0 saturated carbocycles. The predicted octanol–water partition coefficient (Wildman–Crippen LogP) is 1.24. The van der Waals surface area contributed by atoms with E-state index in [1.165, 1.54) is 0 Å². The van der Waals surface area contributed by atoms with Crippen molar-refractivity contribution >= 4 is 5.97 Å². The fraction of sp³-hybridized carbons (Fsp3) is 0.533. The fourth-order valence-electron chi connectivity index (χ4n) is 2.71. The second-order valence-corrected chi connectivity index (χ2v) is 5.25. The van der Waals surface area contributed by atoms with Crippen molar-refractivity contribution in [1.82, 2.24) is 9.88 Å². The lowest BCUT2D eigenvalue weighted by Crippen LogP contribution is -2.51. The number of pyridine rings is 1. The number of nitrogens with zero attached hydrogens (tertiary/aromatic N) is 3. The van der Waals surface area contributed by atoms with Gasteiger partial charge in [-0.2, -0.15) is 5.26 Å². The number of morpholine rings is 1. The highest BCUT2D eigenvalue weighted by molar-refractivity contribution is 5.69. The van der Waals surface area contributed by atoms with Gasteiger partial charge in [0.2, 0.25) is 0 Å². The van der Waals surface area contributed by atoms with Crippen molar-refractivity contribution in [3.63, 3.8) is 0 Å². The van der Waals surface area contributed by atoms with E-state index in [1.54, 1.807) is 31.5 Å². The Kier molecular flexibility index (Phi) is 4.89. The van der Waals surface area contributed by atoms with Crippen LogP contribution >= 0.6 is 0 Å². The number of rotatable bonds is 5. The molecule has 0 radical (unpaired) electrons. The number of ether oxygens (including phenoxy) is 1. The molecule has 6 heteroatoms. The van der Waals surface area contributed by atoms with Gasteiger partial charge in [0.15, 0.2) is 0 Å². The highest BCUT2D eigenvalue weighted by atomic mass is 16.5. The van der Waals surface area contributed by atoms with Crippen LogP contribution in [0.3, 0.4) is 0 Å². The normalized spacial score (nSPS) is 20.2. The first kappa shape index (κ1) is 15.4. The van der Waals surface area contributed by atoms with Crippen LogP contribution in [0.5, 0.6) is 0 Å². The van der Waals surface area contributed by atoms with E-state index in [0.29, 0.717) is 26.3 Å². The van der Waals surface area contributed by atoms with E-state index in [9.17, 15) is 15.2 Å². The molecule has 1 saturated heterocycles. The van der Waals surface area contributed by atoms with Crippen LogP contribution < -0.4 is 0 Å². The molecule has 1 N–H and O–H groups in total. The first-order valence-corrected chi connectivity index (χ1v) is 6.97. The zero-order valence-corrected chi connectivity index (χ0v) is 12.0. The molecule has 1 aliphatic heterocycles. The third-order valence-corrected chi connectivity index (χ3v) is 3.92. The lowest BCUT2D eigenvalue weighted by atomic mass is 9.81. The van der Waals surface area contributed by atoms with Gasteiger partial charge in [0.1, 0.15) is 5.54 Å². The van der Waals surface area contributed by atoms with Crippen molar-refractivity contribution in [2.45, 2.75) is 18.9 Å². The zero-order valence-electron chi connectivity index (χ0n) is 12.0. The zero-order chi connectivity index (χ0) is 15.3. The average molecular weight is 289 g/mol. The van der Waals surface area contributed by atoms with Crippen molar-refractivity contribution in [2.75, 3.05) is 26.3 Å². The maximum absolute atomic E-state index is 11.2. The summed E-state index contributed by atoms with van der Waals surface area (Å²) in [5, 5.41) is 19.1. The van der Waals surface area contributed by atoms with Gasteiger partial charge < -0.3 is 9.84 Å². The molecule has 1 fully saturated rings. The van der Waals surface area contributed by atoms with Crippen molar-refractivity contribution in [3.8, 4) is 6.07 Å². The summed E-state index contributed by atoms with van der Waals surface area (Å²) in [6.45, 7) is 3.96. The van der Waals surface area contributed by atoms with Crippen LogP contribution in [0.1, 0.15) is 18.9 Å². The Morgan fingerprint density at radius 3 is 2.67 bits per heavy atom. The summed E-state index contributed by atoms with van der Waals surface area (Å²) in [5.41, 5.74) is -0.167. The van der Waals surface area contributed by atoms with E-state index in [4.69, 9.17) is 4.74 Å². The fourth-order valence-corrected chi connectivity index (χ4v) is 2.71.